The molecular weight excluding hydrogens is 242 g/mol. The van der Waals surface area contributed by atoms with Gasteiger partial charge >= 0.3 is 5.97 Å². The van der Waals surface area contributed by atoms with Gasteiger partial charge in [0.25, 0.3) is 0 Å². The molecule has 0 spiro atoms. The van der Waals surface area contributed by atoms with Gasteiger partial charge in [-0.15, -0.1) is 0 Å². The molecule has 0 saturated carbocycles. The van der Waals surface area contributed by atoms with Crippen LogP contribution in [-0.2, 0) is 9.53 Å². The van der Waals surface area contributed by atoms with Crippen LogP contribution in [0.4, 0.5) is 0 Å². The minimum atomic E-state index is -0.221. The Labute approximate surface area is 117 Å². The normalized spacial score (nSPS) is 22.2. The largest absolute Gasteiger partial charge is 0.465 e. The maximum Gasteiger partial charge on any atom is 0.324 e. The van der Waals surface area contributed by atoms with Crippen LogP contribution >= 0.6 is 0 Å². The van der Waals surface area contributed by atoms with Gasteiger partial charge in [0.1, 0.15) is 6.04 Å². The molecule has 19 heavy (non-hydrogen) atoms. The van der Waals surface area contributed by atoms with E-state index >= 15 is 0 Å². The number of hydrogen-bond acceptors (Lipinski definition) is 5. The van der Waals surface area contributed by atoms with Crippen molar-refractivity contribution in [1.82, 2.24) is 15.1 Å². The summed E-state index contributed by atoms with van der Waals surface area (Å²) in [6.07, 6.45) is 1.17. The van der Waals surface area contributed by atoms with E-state index in [2.05, 4.69) is 43.1 Å². The zero-order chi connectivity index (χ0) is 14.4. The maximum absolute atomic E-state index is 12.0. The molecule has 1 aliphatic heterocycles. The summed E-state index contributed by atoms with van der Waals surface area (Å²) in [7, 11) is 4.23. The first kappa shape index (κ1) is 16.4. The third-order valence-electron chi connectivity index (χ3n) is 3.52. The molecule has 2 unspecified atom stereocenters. The monoisotopic (exact) mass is 271 g/mol. The van der Waals surface area contributed by atoms with Gasteiger partial charge in [-0.05, 0) is 34.0 Å². The van der Waals surface area contributed by atoms with Crippen molar-refractivity contribution in [3.63, 3.8) is 0 Å². The first-order chi connectivity index (χ1) is 8.93. The molecule has 0 aromatic rings. The Bertz CT molecular complexity index is 282. The number of nitrogens with one attached hydrogen (secondary N) is 1. The van der Waals surface area contributed by atoms with E-state index in [-0.39, 0.29) is 18.1 Å². The Morgan fingerprint density at radius 3 is 2.63 bits per heavy atom. The van der Waals surface area contributed by atoms with Crippen LogP contribution in [0.5, 0.6) is 0 Å². The number of esters is 1. The Morgan fingerprint density at radius 1 is 1.47 bits per heavy atom. The molecule has 2 atom stereocenters. The molecule has 1 aliphatic rings. The molecule has 112 valence electrons. The van der Waals surface area contributed by atoms with Gasteiger partial charge in [0, 0.05) is 25.2 Å². The third-order valence-corrected chi connectivity index (χ3v) is 3.52. The van der Waals surface area contributed by atoms with Gasteiger partial charge in [0.2, 0.25) is 0 Å². The van der Waals surface area contributed by atoms with Gasteiger partial charge in [0.15, 0.2) is 0 Å². The average Bonchev–Trinajstić information content (AvgIpc) is 2.76. The maximum atomic E-state index is 12.0. The average molecular weight is 271 g/mol. The van der Waals surface area contributed by atoms with Gasteiger partial charge < -0.3 is 15.0 Å². The number of carbonyl (C=O) groups excluding carboxylic acids is 1. The number of nitrogens with zero attached hydrogens (tertiary/aromatic N) is 2. The molecule has 0 bridgehead atoms. The molecule has 1 saturated heterocycles. The molecule has 0 aromatic heterocycles. The van der Waals surface area contributed by atoms with Crippen molar-refractivity contribution < 1.29 is 9.53 Å². The van der Waals surface area contributed by atoms with E-state index in [0.29, 0.717) is 12.6 Å². The molecular formula is C14H29N3O2. The quantitative estimate of drug-likeness (QED) is 0.685. The van der Waals surface area contributed by atoms with E-state index in [1.165, 1.54) is 6.42 Å². The summed E-state index contributed by atoms with van der Waals surface area (Å²) >= 11 is 0. The van der Waals surface area contributed by atoms with Crippen molar-refractivity contribution in [2.75, 3.05) is 40.3 Å². The van der Waals surface area contributed by atoms with Gasteiger partial charge in [-0.2, -0.15) is 0 Å². The number of likely N-dealkylation sites (tertiary alicyclic amines) is 1. The first-order valence-electron chi connectivity index (χ1n) is 7.25. The molecule has 1 N–H and O–H groups in total. The van der Waals surface area contributed by atoms with Gasteiger partial charge in [-0.1, -0.05) is 13.8 Å². The molecule has 5 heteroatoms. The van der Waals surface area contributed by atoms with Crippen molar-refractivity contribution >= 4 is 5.97 Å². The van der Waals surface area contributed by atoms with Gasteiger partial charge in [0.05, 0.1) is 6.61 Å². The summed E-state index contributed by atoms with van der Waals surface area (Å²) in [6, 6.07) is 0.657. The molecule has 1 rings (SSSR count). The second kappa shape index (κ2) is 7.82. The smallest absolute Gasteiger partial charge is 0.324 e. The Hall–Kier alpha value is -0.650. The highest BCUT2D eigenvalue weighted by Gasteiger charge is 2.29. The van der Waals surface area contributed by atoms with Crippen LogP contribution in [0.3, 0.4) is 0 Å². The van der Waals surface area contributed by atoms with E-state index in [4.69, 9.17) is 4.74 Å². The van der Waals surface area contributed by atoms with Crippen LogP contribution in [0, 0.1) is 0 Å². The summed E-state index contributed by atoms with van der Waals surface area (Å²) in [5.74, 6) is -0.135. The summed E-state index contributed by atoms with van der Waals surface area (Å²) in [6.45, 7) is 9.22. The van der Waals surface area contributed by atoms with E-state index in [1.807, 2.05) is 6.92 Å². The van der Waals surface area contributed by atoms with Crippen LogP contribution in [0.2, 0.25) is 0 Å². The number of carbonyl (C=O) groups is 1. The Morgan fingerprint density at radius 2 is 2.16 bits per heavy atom. The predicted molar refractivity (Wildman–Crippen MR) is 77.2 cm³/mol. The fraction of sp³-hybridized carbons (Fsp3) is 0.929. The summed E-state index contributed by atoms with van der Waals surface area (Å²) < 4.78 is 5.15. The summed E-state index contributed by atoms with van der Waals surface area (Å²) in [5, 5.41) is 3.31. The molecule has 0 amide bonds. The highest BCUT2D eigenvalue weighted by atomic mass is 16.5. The van der Waals surface area contributed by atoms with Crippen molar-refractivity contribution in [2.45, 2.75) is 45.3 Å². The van der Waals surface area contributed by atoms with Crippen LogP contribution in [0.1, 0.15) is 27.2 Å². The molecule has 0 aliphatic carbocycles. The van der Waals surface area contributed by atoms with Crippen molar-refractivity contribution in [2.24, 2.45) is 0 Å². The lowest BCUT2D eigenvalue weighted by atomic mass is 10.2. The molecule has 5 nitrogen and oxygen atoms in total. The topological polar surface area (TPSA) is 44.8 Å². The van der Waals surface area contributed by atoms with Gasteiger partial charge in [-0.25, -0.2) is 0 Å². The number of rotatable bonds is 7. The van der Waals surface area contributed by atoms with Crippen LogP contribution < -0.4 is 5.32 Å². The zero-order valence-corrected chi connectivity index (χ0v) is 13.0. The standard InChI is InChI=1S/C14H29N3O2/c1-6-19-14(18)13(15-11(2)3)10-17-8-7-12(9-17)16(4)5/h11-13,15H,6-10H2,1-5H3. The van der Waals surface area contributed by atoms with Gasteiger partial charge in [-0.3, -0.25) is 9.69 Å². The highest BCUT2D eigenvalue weighted by Crippen LogP contribution is 2.13. The Kier molecular flexibility index (Phi) is 6.75. The molecule has 0 aromatic carbocycles. The van der Waals surface area contributed by atoms with Crippen molar-refractivity contribution in [3.8, 4) is 0 Å². The van der Waals surface area contributed by atoms with Crippen molar-refractivity contribution in [1.29, 1.82) is 0 Å². The lowest BCUT2D eigenvalue weighted by Crippen LogP contribution is -2.49. The zero-order valence-electron chi connectivity index (χ0n) is 13.0. The van der Waals surface area contributed by atoms with E-state index in [1.54, 1.807) is 0 Å². The fourth-order valence-electron chi connectivity index (χ4n) is 2.50. The van der Waals surface area contributed by atoms with Crippen LogP contribution in [-0.4, -0.2) is 74.2 Å². The number of hydrogen-bond donors (Lipinski definition) is 1. The highest BCUT2D eigenvalue weighted by molar-refractivity contribution is 5.76. The SMILES string of the molecule is CCOC(=O)C(CN1CCC(N(C)C)C1)NC(C)C. The number of ether oxygens (including phenoxy) is 1. The van der Waals surface area contributed by atoms with Crippen LogP contribution in [0.25, 0.3) is 0 Å². The predicted octanol–water partition coefficient (Wildman–Crippen LogP) is 0.552. The van der Waals surface area contributed by atoms with Crippen LogP contribution in [0.15, 0.2) is 0 Å². The second-order valence-electron chi connectivity index (χ2n) is 5.79. The lowest BCUT2D eigenvalue weighted by molar-refractivity contribution is -0.146. The molecule has 1 heterocycles. The van der Waals surface area contributed by atoms with E-state index in [9.17, 15) is 4.79 Å². The lowest BCUT2D eigenvalue weighted by Gasteiger charge is -2.26. The first-order valence-corrected chi connectivity index (χ1v) is 7.25. The summed E-state index contributed by atoms with van der Waals surface area (Å²) in [5.41, 5.74) is 0. The Balaban J connectivity index is 2.50. The number of likely N-dealkylation sites (N-methyl/N-ethyl adjacent to an activating group) is 1. The molecule has 1 fully saturated rings. The minimum Gasteiger partial charge on any atom is -0.465 e. The second-order valence-corrected chi connectivity index (χ2v) is 5.79. The van der Waals surface area contributed by atoms with E-state index in [0.717, 1.165) is 19.6 Å². The minimum absolute atomic E-state index is 0.135. The fourth-order valence-corrected chi connectivity index (χ4v) is 2.50. The van der Waals surface area contributed by atoms with E-state index < -0.39 is 0 Å². The third kappa shape index (κ3) is 5.47. The summed E-state index contributed by atoms with van der Waals surface area (Å²) in [4.78, 5) is 16.6. The molecule has 0 radical (unpaired) electrons. The van der Waals surface area contributed by atoms with Crippen molar-refractivity contribution in [3.05, 3.63) is 0 Å².